The number of anilines is 1. The van der Waals surface area contributed by atoms with Gasteiger partial charge in [0.05, 0.1) is 12.2 Å². The maximum atomic E-state index is 13.1. The van der Waals surface area contributed by atoms with Gasteiger partial charge in [0.15, 0.2) is 0 Å². The number of aromatic nitrogens is 2. The molecule has 0 fully saturated rings. The van der Waals surface area contributed by atoms with Crippen LogP contribution < -0.4 is 10.6 Å². The number of aromatic amines is 1. The van der Waals surface area contributed by atoms with Gasteiger partial charge in [0.25, 0.3) is 0 Å². The number of hydrogen-bond donors (Lipinski definition) is 3. The molecule has 0 aliphatic heterocycles. The van der Waals surface area contributed by atoms with Crippen molar-refractivity contribution in [3.05, 3.63) is 83.2 Å². The zero-order valence-electron chi connectivity index (χ0n) is 15.3. The maximum absolute atomic E-state index is 13.1. The molecule has 0 bridgehead atoms. The number of benzene rings is 2. The van der Waals surface area contributed by atoms with Gasteiger partial charge in [-0.1, -0.05) is 48.0 Å². The Kier molecular flexibility index (Phi) is 5.07. The summed E-state index contributed by atoms with van der Waals surface area (Å²) in [6.07, 6.45) is 0. The quantitative estimate of drug-likeness (QED) is 0.636. The predicted octanol–water partition coefficient (Wildman–Crippen LogP) is 3.67. The highest BCUT2D eigenvalue weighted by Gasteiger charge is 2.35. The van der Waals surface area contributed by atoms with Crippen molar-refractivity contribution < 1.29 is 4.79 Å². The molecule has 26 heavy (non-hydrogen) atoms. The summed E-state index contributed by atoms with van der Waals surface area (Å²) in [4.78, 5) is 13.1. The smallest absolute Gasteiger partial charge is 0.250 e. The first-order chi connectivity index (χ1) is 12.5. The molecule has 0 saturated carbocycles. The van der Waals surface area contributed by atoms with E-state index >= 15 is 0 Å². The van der Waals surface area contributed by atoms with Crippen molar-refractivity contribution >= 4 is 11.6 Å². The Balaban J connectivity index is 1.84. The van der Waals surface area contributed by atoms with E-state index < -0.39 is 5.54 Å². The molecule has 134 valence electrons. The molecule has 0 saturated heterocycles. The van der Waals surface area contributed by atoms with Crippen LogP contribution in [0.1, 0.15) is 29.4 Å². The van der Waals surface area contributed by atoms with Crippen LogP contribution in [0.5, 0.6) is 0 Å². The first-order valence-electron chi connectivity index (χ1n) is 8.67. The predicted molar refractivity (Wildman–Crippen MR) is 104 cm³/mol. The average molecular weight is 348 g/mol. The highest BCUT2D eigenvalue weighted by molar-refractivity contribution is 5.90. The number of amides is 1. The number of hydrogen-bond acceptors (Lipinski definition) is 3. The van der Waals surface area contributed by atoms with E-state index in [1.807, 2.05) is 81.4 Å². The third-order valence-corrected chi connectivity index (χ3v) is 4.44. The summed E-state index contributed by atoms with van der Waals surface area (Å²) >= 11 is 0. The summed E-state index contributed by atoms with van der Waals surface area (Å²) in [5, 5.41) is 13.5. The second-order valence-electron chi connectivity index (χ2n) is 6.71. The molecule has 5 heteroatoms. The Morgan fingerprint density at radius 2 is 1.77 bits per heavy atom. The first kappa shape index (κ1) is 17.7. The molecule has 1 heterocycles. The minimum atomic E-state index is -0.901. The van der Waals surface area contributed by atoms with Crippen LogP contribution in [0.3, 0.4) is 0 Å². The Morgan fingerprint density at radius 3 is 2.38 bits per heavy atom. The van der Waals surface area contributed by atoms with Crippen molar-refractivity contribution in [1.82, 2.24) is 15.5 Å². The Labute approximate surface area is 153 Å². The first-order valence-corrected chi connectivity index (χ1v) is 8.67. The second-order valence-corrected chi connectivity index (χ2v) is 6.71. The van der Waals surface area contributed by atoms with Crippen molar-refractivity contribution in [3.8, 4) is 0 Å². The van der Waals surface area contributed by atoms with Gasteiger partial charge in [-0.2, -0.15) is 5.10 Å². The molecule has 3 aromatic rings. The maximum Gasteiger partial charge on any atom is 0.250 e. The SMILES string of the molecule is Cc1ccc(N[C@@](C)(C(=O)NCc2cc(C)[nH]n2)c2ccccc2)cc1. The van der Waals surface area contributed by atoms with Crippen molar-refractivity contribution in [2.45, 2.75) is 32.9 Å². The highest BCUT2D eigenvalue weighted by Crippen LogP contribution is 2.27. The van der Waals surface area contributed by atoms with Crippen LogP contribution in [-0.4, -0.2) is 16.1 Å². The lowest BCUT2D eigenvalue weighted by atomic mass is 9.90. The Morgan fingerprint density at radius 1 is 1.08 bits per heavy atom. The van der Waals surface area contributed by atoms with Gasteiger partial charge in [-0.05, 0) is 44.5 Å². The lowest BCUT2D eigenvalue weighted by molar-refractivity contribution is -0.125. The lowest BCUT2D eigenvalue weighted by Crippen LogP contribution is -2.47. The molecule has 0 aliphatic carbocycles. The fourth-order valence-electron chi connectivity index (χ4n) is 2.87. The second kappa shape index (κ2) is 7.44. The standard InChI is InChI=1S/C21H24N4O/c1-15-9-11-18(12-10-15)23-21(3,17-7-5-4-6-8-17)20(26)22-14-19-13-16(2)24-25-19/h4-13,23H,14H2,1-3H3,(H,22,26)(H,24,25)/t21-/m1/s1. The van der Waals surface area contributed by atoms with Crippen LogP contribution in [-0.2, 0) is 16.9 Å². The van der Waals surface area contributed by atoms with E-state index in [4.69, 9.17) is 0 Å². The summed E-state index contributed by atoms with van der Waals surface area (Å²) < 4.78 is 0. The van der Waals surface area contributed by atoms with Crippen molar-refractivity contribution in [2.75, 3.05) is 5.32 Å². The molecule has 3 rings (SSSR count). The van der Waals surface area contributed by atoms with Crippen LogP contribution in [0.25, 0.3) is 0 Å². The summed E-state index contributed by atoms with van der Waals surface area (Å²) in [6, 6.07) is 19.7. The minimum Gasteiger partial charge on any atom is -0.368 e. The van der Waals surface area contributed by atoms with Crippen LogP contribution in [0.15, 0.2) is 60.7 Å². The number of aryl methyl sites for hydroxylation is 2. The molecular weight excluding hydrogens is 324 g/mol. The molecule has 3 N–H and O–H groups in total. The van der Waals surface area contributed by atoms with Crippen LogP contribution >= 0.6 is 0 Å². The van der Waals surface area contributed by atoms with E-state index in [2.05, 4.69) is 20.8 Å². The average Bonchev–Trinajstić information content (AvgIpc) is 3.07. The van der Waals surface area contributed by atoms with Crippen LogP contribution in [0, 0.1) is 13.8 Å². The van der Waals surface area contributed by atoms with E-state index in [-0.39, 0.29) is 5.91 Å². The zero-order valence-corrected chi connectivity index (χ0v) is 15.3. The van der Waals surface area contributed by atoms with E-state index in [1.54, 1.807) is 0 Å². The van der Waals surface area contributed by atoms with Gasteiger partial charge in [-0.3, -0.25) is 9.89 Å². The normalized spacial score (nSPS) is 13.0. The molecule has 1 amide bonds. The third kappa shape index (κ3) is 3.94. The number of carbonyl (C=O) groups excluding carboxylic acids is 1. The lowest BCUT2D eigenvalue weighted by Gasteiger charge is -2.31. The molecule has 1 atom stereocenters. The largest absolute Gasteiger partial charge is 0.368 e. The van der Waals surface area contributed by atoms with Gasteiger partial charge in [0.1, 0.15) is 5.54 Å². The number of nitrogens with one attached hydrogen (secondary N) is 3. The fourth-order valence-corrected chi connectivity index (χ4v) is 2.87. The van der Waals surface area contributed by atoms with Crippen molar-refractivity contribution in [3.63, 3.8) is 0 Å². The van der Waals surface area contributed by atoms with Gasteiger partial charge in [-0.25, -0.2) is 0 Å². The van der Waals surface area contributed by atoms with Gasteiger partial charge < -0.3 is 10.6 Å². The van der Waals surface area contributed by atoms with E-state index in [9.17, 15) is 4.79 Å². The third-order valence-electron chi connectivity index (χ3n) is 4.44. The number of H-pyrrole nitrogens is 1. The molecule has 0 radical (unpaired) electrons. The monoisotopic (exact) mass is 348 g/mol. The van der Waals surface area contributed by atoms with Gasteiger partial charge in [0.2, 0.25) is 5.91 Å². The summed E-state index contributed by atoms with van der Waals surface area (Å²) in [5.74, 6) is -0.107. The zero-order chi connectivity index (χ0) is 18.6. The van der Waals surface area contributed by atoms with E-state index in [0.717, 1.165) is 22.6 Å². The Hall–Kier alpha value is -3.08. The van der Waals surface area contributed by atoms with E-state index in [1.165, 1.54) is 5.56 Å². The van der Waals surface area contributed by atoms with Gasteiger partial charge in [0, 0.05) is 11.4 Å². The summed E-state index contributed by atoms with van der Waals surface area (Å²) in [5.41, 5.74) is 3.85. The number of carbonyl (C=O) groups is 1. The molecule has 2 aromatic carbocycles. The molecule has 0 spiro atoms. The van der Waals surface area contributed by atoms with Crippen LogP contribution in [0.2, 0.25) is 0 Å². The summed E-state index contributed by atoms with van der Waals surface area (Å²) in [7, 11) is 0. The molecule has 0 unspecified atom stereocenters. The number of nitrogens with zero attached hydrogens (tertiary/aromatic N) is 1. The van der Waals surface area contributed by atoms with Crippen molar-refractivity contribution in [2.24, 2.45) is 0 Å². The molecule has 5 nitrogen and oxygen atoms in total. The number of rotatable bonds is 6. The Bertz CT molecular complexity index is 871. The molecular formula is C21H24N4O. The van der Waals surface area contributed by atoms with Gasteiger partial charge in [-0.15, -0.1) is 0 Å². The van der Waals surface area contributed by atoms with Gasteiger partial charge >= 0.3 is 0 Å². The highest BCUT2D eigenvalue weighted by atomic mass is 16.2. The van der Waals surface area contributed by atoms with Crippen molar-refractivity contribution in [1.29, 1.82) is 0 Å². The van der Waals surface area contributed by atoms with Crippen LogP contribution in [0.4, 0.5) is 5.69 Å². The molecule has 0 aliphatic rings. The topological polar surface area (TPSA) is 69.8 Å². The summed E-state index contributed by atoms with van der Waals surface area (Å²) in [6.45, 7) is 6.25. The molecule has 1 aromatic heterocycles. The fraction of sp³-hybridized carbons (Fsp3) is 0.238. The van der Waals surface area contributed by atoms with E-state index in [0.29, 0.717) is 6.54 Å². The minimum absolute atomic E-state index is 0.107.